The average Bonchev–Trinajstić information content (AvgIpc) is 3.26. The molecule has 0 aromatic carbocycles. The molecular formula is C20H26N6O6. The number of ether oxygens (including phenoxy) is 2. The van der Waals surface area contributed by atoms with E-state index in [1.165, 1.54) is 0 Å². The van der Waals surface area contributed by atoms with Crippen LogP contribution in [0.25, 0.3) is 0 Å². The van der Waals surface area contributed by atoms with Crippen LogP contribution in [0.2, 0.25) is 0 Å². The molecule has 2 aromatic heterocycles. The highest BCUT2D eigenvalue weighted by Crippen LogP contribution is 2.40. The van der Waals surface area contributed by atoms with Crippen molar-refractivity contribution < 1.29 is 29.3 Å². The normalized spacial score (nSPS) is 21.5. The van der Waals surface area contributed by atoms with Gasteiger partial charge >= 0.3 is 0 Å². The molecule has 0 radical (unpaired) electrons. The Morgan fingerprint density at radius 3 is 2.31 bits per heavy atom. The molecule has 172 valence electrons. The summed E-state index contributed by atoms with van der Waals surface area (Å²) in [4.78, 5) is 39.6. The molecule has 1 spiro atoms. The molecule has 1 unspecified atom stereocenters. The van der Waals surface area contributed by atoms with Gasteiger partial charge in [-0.25, -0.2) is 19.9 Å². The number of hydrogen-bond acceptors (Lipinski definition) is 10. The second-order valence-electron chi connectivity index (χ2n) is 7.35. The fourth-order valence-corrected chi connectivity index (χ4v) is 4.11. The van der Waals surface area contributed by atoms with Crippen LogP contribution in [-0.4, -0.2) is 89.1 Å². The largest absolute Gasteiger partial charge is 0.483 e. The van der Waals surface area contributed by atoms with E-state index in [9.17, 15) is 0 Å². The minimum absolute atomic E-state index is 0.114. The predicted molar refractivity (Wildman–Crippen MR) is 113 cm³/mol. The first kappa shape index (κ1) is 23.3. The van der Waals surface area contributed by atoms with Gasteiger partial charge in [-0.3, -0.25) is 9.59 Å². The van der Waals surface area contributed by atoms with E-state index >= 15 is 0 Å². The van der Waals surface area contributed by atoms with Gasteiger partial charge in [0.05, 0.1) is 37.5 Å². The topological polar surface area (TPSA) is 151 Å². The first-order valence-electron chi connectivity index (χ1n) is 10.1. The number of fused-ring (bicyclic) bond motifs is 2. The van der Waals surface area contributed by atoms with Crippen molar-refractivity contribution in [2.75, 3.05) is 55.8 Å². The molecule has 0 aliphatic carbocycles. The monoisotopic (exact) mass is 446 g/mol. The van der Waals surface area contributed by atoms with Crippen molar-refractivity contribution in [2.24, 2.45) is 0 Å². The SMILES string of the molecule is O=CO.O=CO.c1cnc(N2CCC3(COCc4cnc(N5CCOCC5)nc43)C2)nc1. The Morgan fingerprint density at radius 2 is 1.62 bits per heavy atom. The molecule has 0 bridgehead atoms. The van der Waals surface area contributed by atoms with Crippen LogP contribution in [0.3, 0.4) is 0 Å². The molecule has 2 aromatic rings. The average molecular weight is 446 g/mol. The van der Waals surface area contributed by atoms with Crippen molar-refractivity contribution >= 4 is 24.8 Å². The Bertz CT molecular complexity index is 876. The number of aromatic nitrogens is 4. The molecule has 3 aliphatic rings. The van der Waals surface area contributed by atoms with Crippen molar-refractivity contribution in [3.63, 3.8) is 0 Å². The quantitative estimate of drug-likeness (QED) is 0.606. The highest BCUT2D eigenvalue weighted by molar-refractivity contribution is 5.43. The van der Waals surface area contributed by atoms with Crippen molar-refractivity contribution in [3.8, 4) is 0 Å². The Balaban J connectivity index is 0.000000437. The summed E-state index contributed by atoms with van der Waals surface area (Å²) < 4.78 is 11.4. The molecule has 2 fully saturated rings. The lowest BCUT2D eigenvalue weighted by Gasteiger charge is -2.35. The summed E-state index contributed by atoms with van der Waals surface area (Å²) in [5, 5.41) is 13.8. The van der Waals surface area contributed by atoms with Crippen LogP contribution in [0.5, 0.6) is 0 Å². The maximum absolute atomic E-state index is 8.36. The van der Waals surface area contributed by atoms with E-state index < -0.39 is 0 Å². The summed E-state index contributed by atoms with van der Waals surface area (Å²) in [6.45, 7) is 5.64. The van der Waals surface area contributed by atoms with Crippen molar-refractivity contribution in [1.29, 1.82) is 0 Å². The van der Waals surface area contributed by atoms with Gasteiger partial charge in [-0.05, 0) is 12.5 Å². The van der Waals surface area contributed by atoms with Gasteiger partial charge in [-0.2, -0.15) is 0 Å². The summed E-state index contributed by atoms with van der Waals surface area (Å²) in [6.07, 6.45) is 6.50. The summed E-state index contributed by atoms with van der Waals surface area (Å²) in [5.41, 5.74) is 2.12. The molecule has 0 amide bonds. The summed E-state index contributed by atoms with van der Waals surface area (Å²) >= 11 is 0. The third-order valence-electron chi connectivity index (χ3n) is 5.47. The fraction of sp³-hybridized carbons (Fsp3) is 0.500. The number of morpholine rings is 1. The number of carbonyl (C=O) groups is 2. The third-order valence-corrected chi connectivity index (χ3v) is 5.47. The van der Waals surface area contributed by atoms with Crippen LogP contribution in [0.1, 0.15) is 17.7 Å². The molecule has 12 heteroatoms. The Labute approximate surface area is 184 Å². The zero-order valence-corrected chi connectivity index (χ0v) is 17.5. The second-order valence-corrected chi connectivity index (χ2v) is 7.35. The highest BCUT2D eigenvalue weighted by atomic mass is 16.5. The molecule has 2 N–H and O–H groups in total. The Kier molecular flexibility index (Phi) is 8.22. The predicted octanol–water partition coefficient (Wildman–Crippen LogP) is 0.183. The minimum Gasteiger partial charge on any atom is -0.483 e. The number of anilines is 2. The van der Waals surface area contributed by atoms with E-state index in [2.05, 4.69) is 24.8 Å². The fourth-order valence-electron chi connectivity index (χ4n) is 4.11. The lowest BCUT2D eigenvalue weighted by Crippen LogP contribution is -2.42. The maximum atomic E-state index is 8.36. The van der Waals surface area contributed by atoms with Gasteiger partial charge < -0.3 is 29.5 Å². The molecule has 1 atom stereocenters. The Morgan fingerprint density at radius 1 is 0.938 bits per heavy atom. The van der Waals surface area contributed by atoms with Gasteiger partial charge in [-0.1, -0.05) is 0 Å². The first-order valence-corrected chi connectivity index (χ1v) is 10.1. The molecule has 12 nitrogen and oxygen atoms in total. The standard InChI is InChI=1S/C18H22N6O2.2CH2O2/c1-3-19-16(20-4-1)24-5-2-18(12-24)13-26-11-14-10-21-17(22-15(14)18)23-6-8-25-9-7-23;2*2-1-3/h1,3-4,10H,2,5-9,11-13H2;2*1H,(H,2,3). The first-order chi connectivity index (χ1) is 15.7. The van der Waals surface area contributed by atoms with Gasteiger partial charge in [0, 0.05) is 50.3 Å². The molecule has 3 aliphatic heterocycles. The van der Waals surface area contributed by atoms with Crippen LogP contribution < -0.4 is 9.80 Å². The zero-order valence-electron chi connectivity index (χ0n) is 17.5. The lowest BCUT2D eigenvalue weighted by atomic mass is 9.80. The molecular weight excluding hydrogens is 420 g/mol. The lowest BCUT2D eigenvalue weighted by molar-refractivity contribution is -0.123. The number of carboxylic acid groups (broad SMARTS) is 2. The van der Waals surface area contributed by atoms with Crippen molar-refractivity contribution in [3.05, 3.63) is 35.9 Å². The van der Waals surface area contributed by atoms with Gasteiger partial charge in [0.2, 0.25) is 11.9 Å². The van der Waals surface area contributed by atoms with Crippen LogP contribution in [0.15, 0.2) is 24.7 Å². The van der Waals surface area contributed by atoms with Gasteiger partial charge in [0.25, 0.3) is 12.9 Å². The minimum atomic E-state index is -0.250. The van der Waals surface area contributed by atoms with E-state index in [0.717, 1.165) is 69.0 Å². The number of nitrogens with zero attached hydrogens (tertiary/aromatic N) is 6. The van der Waals surface area contributed by atoms with E-state index in [4.69, 9.17) is 34.3 Å². The van der Waals surface area contributed by atoms with Crippen LogP contribution in [0.4, 0.5) is 11.9 Å². The zero-order chi connectivity index (χ0) is 22.8. The summed E-state index contributed by atoms with van der Waals surface area (Å²) in [6, 6.07) is 1.84. The third kappa shape index (κ3) is 5.26. The molecule has 5 heterocycles. The summed E-state index contributed by atoms with van der Waals surface area (Å²) in [5.74, 6) is 1.58. The van der Waals surface area contributed by atoms with Crippen LogP contribution in [-0.2, 0) is 31.1 Å². The van der Waals surface area contributed by atoms with Crippen molar-refractivity contribution in [2.45, 2.75) is 18.4 Å². The smallest absolute Gasteiger partial charge is 0.290 e. The molecule has 32 heavy (non-hydrogen) atoms. The number of rotatable bonds is 2. The van der Waals surface area contributed by atoms with E-state index in [1.54, 1.807) is 12.4 Å². The van der Waals surface area contributed by atoms with E-state index in [1.807, 2.05) is 12.3 Å². The molecule has 2 saturated heterocycles. The highest BCUT2D eigenvalue weighted by Gasteiger charge is 2.45. The van der Waals surface area contributed by atoms with E-state index in [0.29, 0.717) is 13.2 Å². The molecule has 0 saturated carbocycles. The van der Waals surface area contributed by atoms with Crippen LogP contribution >= 0.6 is 0 Å². The van der Waals surface area contributed by atoms with Gasteiger partial charge in [0.1, 0.15) is 0 Å². The van der Waals surface area contributed by atoms with Crippen LogP contribution in [0, 0.1) is 0 Å². The van der Waals surface area contributed by atoms with Gasteiger partial charge in [-0.15, -0.1) is 0 Å². The van der Waals surface area contributed by atoms with Crippen molar-refractivity contribution in [1.82, 2.24) is 19.9 Å². The molecule has 5 rings (SSSR count). The van der Waals surface area contributed by atoms with E-state index in [-0.39, 0.29) is 18.4 Å². The summed E-state index contributed by atoms with van der Waals surface area (Å²) in [7, 11) is 0. The van der Waals surface area contributed by atoms with Gasteiger partial charge in [0.15, 0.2) is 0 Å². The number of hydrogen-bond donors (Lipinski definition) is 2. The Hall–Kier alpha value is -3.38. The second kappa shape index (κ2) is 11.3. The maximum Gasteiger partial charge on any atom is 0.290 e.